The van der Waals surface area contributed by atoms with Gasteiger partial charge in [-0.1, -0.05) is 25.0 Å². The zero-order chi connectivity index (χ0) is 25.6. The third-order valence-electron chi connectivity index (χ3n) is 7.27. The maximum absolute atomic E-state index is 14.2. The van der Waals surface area contributed by atoms with Crippen LogP contribution < -0.4 is 10.6 Å². The van der Waals surface area contributed by atoms with Gasteiger partial charge in [0.2, 0.25) is 11.8 Å². The lowest BCUT2D eigenvalue weighted by Gasteiger charge is -2.44. The number of nitrogens with one attached hydrogen (secondary N) is 2. The maximum atomic E-state index is 14.2. The average Bonchev–Trinajstić information content (AvgIpc) is 3.44. The second-order valence-electron chi connectivity index (χ2n) is 9.90. The van der Waals surface area contributed by atoms with E-state index in [0.29, 0.717) is 16.5 Å². The molecule has 1 saturated carbocycles. The number of nitrogens with zero attached hydrogens (tertiary/aromatic N) is 2. The minimum absolute atomic E-state index is 0.0453. The standard InChI is InChI=1S/C27H28F2N4O3/c1-16(34)30-23-21-13-19(29)11-12-22(21)32-15-27(2,26(36)31-20-5-3-4-6-20)33(25(35)24(23)32)14-17-7-9-18(28)10-8-17/h7-13,20H,3-6,14-15H2,1-2H3,(H,30,34)(H,31,36). The predicted molar refractivity (Wildman–Crippen MR) is 131 cm³/mol. The zero-order valence-corrected chi connectivity index (χ0v) is 20.2. The zero-order valence-electron chi connectivity index (χ0n) is 20.2. The SMILES string of the molecule is CC(=O)Nc1c2n(c3ccc(F)cc13)CC(C)(C(=O)NC1CCCC1)N(Cc1ccc(F)cc1)C2=O. The van der Waals surface area contributed by atoms with Crippen molar-refractivity contribution in [3.63, 3.8) is 0 Å². The van der Waals surface area contributed by atoms with Crippen LogP contribution in [0, 0.1) is 11.6 Å². The summed E-state index contributed by atoms with van der Waals surface area (Å²) in [6, 6.07) is 9.93. The van der Waals surface area contributed by atoms with Crippen LogP contribution in [-0.2, 0) is 22.7 Å². The molecule has 1 aromatic heterocycles. The van der Waals surface area contributed by atoms with Crippen LogP contribution in [0.5, 0.6) is 0 Å². The molecule has 2 aliphatic rings. The highest BCUT2D eigenvalue weighted by Crippen LogP contribution is 2.40. The van der Waals surface area contributed by atoms with E-state index in [1.807, 2.05) is 0 Å². The molecule has 0 spiro atoms. The molecular weight excluding hydrogens is 466 g/mol. The average molecular weight is 495 g/mol. The molecule has 0 saturated heterocycles. The summed E-state index contributed by atoms with van der Waals surface area (Å²) in [6.45, 7) is 3.20. The van der Waals surface area contributed by atoms with Crippen LogP contribution in [0.15, 0.2) is 42.5 Å². The topological polar surface area (TPSA) is 83.4 Å². The van der Waals surface area contributed by atoms with Gasteiger partial charge in [0, 0.05) is 24.9 Å². The third-order valence-corrected chi connectivity index (χ3v) is 7.27. The van der Waals surface area contributed by atoms with Crippen LogP contribution >= 0.6 is 0 Å². The van der Waals surface area contributed by atoms with Crippen molar-refractivity contribution in [3.8, 4) is 0 Å². The Kier molecular flexibility index (Phi) is 6.02. The van der Waals surface area contributed by atoms with Crippen molar-refractivity contribution in [3.05, 3.63) is 65.4 Å². The first-order chi connectivity index (χ1) is 17.2. The number of hydrogen-bond acceptors (Lipinski definition) is 3. The number of anilines is 1. The molecule has 2 aromatic carbocycles. The van der Waals surface area contributed by atoms with Gasteiger partial charge in [0.25, 0.3) is 5.91 Å². The van der Waals surface area contributed by atoms with Gasteiger partial charge in [0.05, 0.1) is 17.7 Å². The Hall–Kier alpha value is -3.75. The van der Waals surface area contributed by atoms with Crippen LogP contribution in [0.4, 0.5) is 14.5 Å². The number of benzene rings is 2. The first kappa shape index (κ1) is 24.0. The normalized spacial score (nSPS) is 20.0. The highest BCUT2D eigenvalue weighted by atomic mass is 19.1. The molecule has 2 N–H and O–H groups in total. The molecule has 1 unspecified atom stereocenters. The van der Waals surface area contributed by atoms with Gasteiger partial charge < -0.3 is 20.1 Å². The van der Waals surface area contributed by atoms with Crippen LogP contribution in [0.1, 0.15) is 55.6 Å². The summed E-state index contributed by atoms with van der Waals surface area (Å²) < 4.78 is 29.5. The van der Waals surface area contributed by atoms with Gasteiger partial charge in [-0.25, -0.2) is 8.78 Å². The highest BCUT2D eigenvalue weighted by molar-refractivity contribution is 6.14. The molecule has 36 heavy (non-hydrogen) atoms. The van der Waals surface area contributed by atoms with E-state index in [2.05, 4.69) is 10.6 Å². The summed E-state index contributed by atoms with van der Waals surface area (Å²) in [5, 5.41) is 6.21. The molecule has 1 atom stereocenters. The van der Waals surface area contributed by atoms with E-state index in [1.165, 1.54) is 36.1 Å². The molecule has 0 bridgehead atoms. The fourth-order valence-electron chi connectivity index (χ4n) is 5.39. The Morgan fingerprint density at radius 2 is 1.72 bits per heavy atom. The second kappa shape index (κ2) is 9.04. The predicted octanol–water partition coefficient (Wildman–Crippen LogP) is 4.35. The Morgan fingerprint density at radius 1 is 1.06 bits per heavy atom. The molecule has 1 aliphatic heterocycles. The Bertz CT molecular complexity index is 1360. The second-order valence-corrected chi connectivity index (χ2v) is 9.90. The molecule has 188 valence electrons. The van der Waals surface area contributed by atoms with Crippen LogP contribution in [0.2, 0.25) is 0 Å². The van der Waals surface area contributed by atoms with Crippen molar-refractivity contribution in [2.24, 2.45) is 0 Å². The van der Waals surface area contributed by atoms with Crippen molar-refractivity contribution < 1.29 is 23.2 Å². The van der Waals surface area contributed by atoms with Crippen LogP contribution in [0.3, 0.4) is 0 Å². The van der Waals surface area contributed by atoms with Crippen molar-refractivity contribution >= 4 is 34.3 Å². The monoisotopic (exact) mass is 494 g/mol. The Morgan fingerprint density at radius 3 is 2.39 bits per heavy atom. The quantitative estimate of drug-likeness (QED) is 0.553. The van der Waals surface area contributed by atoms with Gasteiger partial charge in [-0.2, -0.15) is 0 Å². The van der Waals surface area contributed by atoms with Crippen molar-refractivity contribution in [2.75, 3.05) is 5.32 Å². The minimum Gasteiger partial charge on any atom is -0.351 e. The van der Waals surface area contributed by atoms with E-state index >= 15 is 0 Å². The largest absolute Gasteiger partial charge is 0.351 e. The number of carbonyl (C=O) groups is 3. The summed E-state index contributed by atoms with van der Waals surface area (Å²) in [5.41, 5.74) is 0.309. The van der Waals surface area contributed by atoms with Gasteiger partial charge in [0.15, 0.2) is 0 Å². The van der Waals surface area contributed by atoms with Crippen molar-refractivity contribution in [2.45, 2.75) is 64.2 Å². The molecule has 1 fully saturated rings. The van der Waals surface area contributed by atoms with Gasteiger partial charge in [-0.05, 0) is 55.7 Å². The molecule has 7 nitrogen and oxygen atoms in total. The fraction of sp³-hybridized carbons (Fsp3) is 0.370. The summed E-state index contributed by atoms with van der Waals surface area (Å²) >= 11 is 0. The molecule has 9 heteroatoms. The summed E-state index contributed by atoms with van der Waals surface area (Å²) in [7, 11) is 0. The lowest BCUT2D eigenvalue weighted by molar-refractivity contribution is -0.133. The smallest absolute Gasteiger partial charge is 0.273 e. The molecular formula is C27H28F2N4O3. The number of halogens is 2. The summed E-state index contributed by atoms with van der Waals surface area (Å²) in [5.74, 6) is -2.06. The van der Waals surface area contributed by atoms with Gasteiger partial charge in [0.1, 0.15) is 22.9 Å². The number of rotatable bonds is 5. The van der Waals surface area contributed by atoms with E-state index < -0.39 is 29.0 Å². The third kappa shape index (κ3) is 4.12. The lowest BCUT2D eigenvalue weighted by Crippen LogP contribution is -2.64. The van der Waals surface area contributed by atoms with E-state index in [0.717, 1.165) is 25.7 Å². The Labute approximate surface area is 207 Å². The molecule has 3 amide bonds. The van der Waals surface area contributed by atoms with Gasteiger partial charge in [-0.15, -0.1) is 0 Å². The Balaban J connectivity index is 1.65. The lowest BCUT2D eigenvalue weighted by atomic mass is 9.93. The maximum Gasteiger partial charge on any atom is 0.273 e. The first-order valence-corrected chi connectivity index (χ1v) is 12.1. The summed E-state index contributed by atoms with van der Waals surface area (Å²) in [6.07, 6.45) is 3.85. The van der Waals surface area contributed by atoms with Crippen LogP contribution in [0.25, 0.3) is 10.9 Å². The van der Waals surface area contributed by atoms with Gasteiger partial charge in [-0.3, -0.25) is 14.4 Å². The molecule has 1 aliphatic carbocycles. The van der Waals surface area contributed by atoms with E-state index in [-0.39, 0.29) is 36.4 Å². The van der Waals surface area contributed by atoms with Gasteiger partial charge >= 0.3 is 0 Å². The fourth-order valence-corrected chi connectivity index (χ4v) is 5.39. The summed E-state index contributed by atoms with van der Waals surface area (Å²) in [4.78, 5) is 41.4. The van der Waals surface area contributed by atoms with E-state index in [4.69, 9.17) is 0 Å². The van der Waals surface area contributed by atoms with E-state index in [9.17, 15) is 23.2 Å². The number of aromatic nitrogens is 1. The van der Waals surface area contributed by atoms with Crippen LogP contribution in [-0.4, -0.2) is 38.8 Å². The molecule has 2 heterocycles. The van der Waals surface area contributed by atoms with E-state index in [1.54, 1.807) is 29.7 Å². The molecule has 3 aromatic rings. The number of hydrogen-bond donors (Lipinski definition) is 2. The highest BCUT2D eigenvalue weighted by Gasteiger charge is 2.49. The number of carbonyl (C=O) groups excluding carboxylic acids is 3. The minimum atomic E-state index is -1.28. The molecule has 5 rings (SSSR count). The first-order valence-electron chi connectivity index (χ1n) is 12.1. The molecule has 0 radical (unpaired) electrons. The van der Waals surface area contributed by atoms with Crippen molar-refractivity contribution in [1.29, 1.82) is 0 Å². The number of fused-ring (bicyclic) bond motifs is 3. The van der Waals surface area contributed by atoms with Crippen molar-refractivity contribution in [1.82, 2.24) is 14.8 Å². The number of amides is 3.